The average Bonchev–Trinajstić information content (AvgIpc) is 2.52. The Balaban J connectivity index is 2.64. The fraction of sp³-hybridized carbons (Fsp3) is 0.556. The molecule has 1 atom stereocenters. The molecule has 0 saturated carbocycles. The first-order valence-electron chi connectivity index (χ1n) is 4.49. The number of nitrogens with two attached hydrogens (primary N) is 1. The second-order valence-electron chi connectivity index (χ2n) is 3.55. The summed E-state index contributed by atoms with van der Waals surface area (Å²) in [6.45, 7) is 2.15. The number of carbonyl (C=O) groups excluding carboxylic acids is 1. The van der Waals surface area contributed by atoms with Crippen molar-refractivity contribution >= 4 is 5.91 Å². The number of nitrogens with zero attached hydrogens (tertiary/aromatic N) is 3. The Bertz CT molecular complexity index is 316. The lowest BCUT2D eigenvalue weighted by atomic mass is 10.2. The zero-order chi connectivity index (χ0) is 10.7. The summed E-state index contributed by atoms with van der Waals surface area (Å²) in [6, 6.07) is -0.0433. The molecule has 0 aliphatic rings. The van der Waals surface area contributed by atoms with Crippen molar-refractivity contribution in [2.45, 2.75) is 19.5 Å². The average molecular weight is 196 g/mol. The van der Waals surface area contributed by atoms with Crippen LogP contribution in [0.3, 0.4) is 0 Å². The zero-order valence-electron chi connectivity index (χ0n) is 8.77. The molecule has 5 nitrogen and oxygen atoms in total. The van der Waals surface area contributed by atoms with Crippen LogP contribution in [0.5, 0.6) is 0 Å². The van der Waals surface area contributed by atoms with Crippen molar-refractivity contribution in [3.05, 3.63) is 18.0 Å². The van der Waals surface area contributed by atoms with Crippen LogP contribution in [0.25, 0.3) is 0 Å². The number of likely N-dealkylation sites (N-methyl/N-ethyl adjacent to an activating group) is 1. The first-order valence-corrected chi connectivity index (χ1v) is 4.49. The van der Waals surface area contributed by atoms with E-state index in [1.54, 1.807) is 31.2 Å². The van der Waals surface area contributed by atoms with Crippen LogP contribution in [-0.4, -0.2) is 34.7 Å². The van der Waals surface area contributed by atoms with Gasteiger partial charge >= 0.3 is 0 Å². The molecule has 1 aromatic rings. The minimum atomic E-state index is -0.0433. The molecule has 0 unspecified atom stereocenters. The van der Waals surface area contributed by atoms with E-state index in [0.717, 1.165) is 5.56 Å². The third-order valence-electron chi connectivity index (χ3n) is 1.98. The molecule has 5 heteroatoms. The molecule has 2 N–H and O–H groups in total. The zero-order valence-corrected chi connectivity index (χ0v) is 8.77. The quantitative estimate of drug-likeness (QED) is 0.739. The van der Waals surface area contributed by atoms with Gasteiger partial charge in [-0.25, -0.2) is 0 Å². The molecule has 0 bridgehead atoms. The van der Waals surface area contributed by atoms with E-state index < -0.39 is 0 Å². The van der Waals surface area contributed by atoms with E-state index in [9.17, 15) is 4.79 Å². The van der Waals surface area contributed by atoms with E-state index >= 15 is 0 Å². The summed E-state index contributed by atoms with van der Waals surface area (Å²) in [7, 11) is 3.44. The first-order chi connectivity index (χ1) is 6.50. The van der Waals surface area contributed by atoms with Crippen molar-refractivity contribution < 1.29 is 4.79 Å². The maximum atomic E-state index is 11.3. The second-order valence-corrected chi connectivity index (χ2v) is 3.55. The molecular weight excluding hydrogens is 180 g/mol. The van der Waals surface area contributed by atoms with Gasteiger partial charge < -0.3 is 10.6 Å². The maximum Gasteiger partial charge on any atom is 0.243 e. The highest BCUT2D eigenvalue weighted by Gasteiger charge is 2.07. The van der Waals surface area contributed by atoms with E-state index in [2.05, 4.69) is 5.10 Å². The molecule has 78 valence electrons. The lowest BCUT2D eigenvalue weighted by Gasteiger charge is -2.09. The van der Waals surface area contributed by atoms with Gasteiger partial charge in [0.1, 0.15) is 6.54 Å². The lowest BCUT2D eigenvalue weighted by Crippen LogP contribution is -2.26. The Morgan fingerprint density at radius 1 is 1.71 bits per heavy atom. The summed E-state index contributed by atoms with van der Waals surface area (Å²) >= 11 is 0. The summed E-state index contributed by atoms with van der Waals surface area (Å²) < 4.78 is 1.60. The summed E-state index contributed by atoms with van der Waals surface area (Å²) in [5.74, 6) is 0.0179. The topological polar surface area (TPSA) is 64.1 Å². The molecule has 0 aliphatic carbocycles. The smallest absolute Gasteiger partial charge is 0.243 e. The second kappa shape index (κ2) is 4.23. The molecule has 1 aromatic heterocycles. The van der Waals surface area contributed by atoms with Gasteiger partial charge in [-0.05, 0) is 6.92 Å². The fourth-order valence-electron chi connectivity index (χ4n) is 0.981. The van der Waals surface area contributed by atoms with Gasteiger partial charge in [-0.3, -0.25) is 9.48 Å². The highest BCUT2D eigenvalue weighted by molar-refractivity contribution is 5.75. The van der Waals surface area contributed by atoms with Gasteiger partial charge in [0.25, 0.3) is 0 Å². The number of rotatable bonds is 3. The highest BCUT2D eigenvalue weighted by atomic mass is 16.2. The number of hydrogen-bond acceptors (Lipinski definition) is 3. The van der Waals surface area contributed by atoms with Crippen LogP contribution in [0, 0.1) is 0 Å². The van der Waals surface area contributed by atoms with E-state index in [1.807, 2.05) is 6.92 Å². The Morgan fingerprint density at radius 3 is 2.79 bits per heavy atom. The Hall–Kier alpha value is -1.36. The molecule has 0 saturated heterocycles. The van der Waals surface area contributed by atoms with Crippen molar-refractivity contribution in [2.75, 3.05) is 14.1 Å². The number of aromatic nitrogens is 2. The van der Waals surface area contributed by atoms with Crippen LogP contribution >= 0.6 is 0 Å². The summed E-state index contributed by atoms with van der Waals surface area (Å²) in [6.07, 6.45) is 3.49. The van der Waals surface area contributed by atoms with Crippen LogP contribution < -0.4 is 5.73 Å². The van der Waals surface area contributed by atoms with Crippen LogP contribution in [0.1, 0.15) is 18.5 Å². The van der Waals surface area contributed by atoms with Crippen LogP contribution in [0.15, 0.2) is 12.4 Å². The third kappa shape index (κ3) is 2.56. The van der Waals surface area contributed by atoms with Crippen molar-refractivity contribution in [3.8, 4) is 0 Å². The molecule has 1 rings (SSSR count). The molecule has 1 amide bonds. The molecule has 0 radical (unpaired) electrons. The number of hydrogen-bond donors (Lipinski definition) is 1. The van der Waals surface area contributed by atoms with Crippen LogP contribution in [0.2, 0.25) is 0 Å². The Morgan fingerprint density at radius 2 is 2.36 bits per heavy atom. The molecule has 14 heavy (non-hydrogen) atoms. The lowest BCUT2D eigenvalue weighted by molar-refractivity contribution is -0.129. The molecular formula is C9H16N4O. The fourth-order valence-corrected chi connectivity index (χ4v) is 0.981. The number of carbonyl (C=O) groups is 1. The predicted molar refractivity (Wildman–Crippen MR) is 53.5 cm³/mol. The monoisotopic (exact) mass is 196 g/mol. The summed E-state index contributed by atoms with van der Waals surface area (Å²) in [5.41, 5.74) is 6.61. The highest BCUT2D eigenvalue weighted by Crippen LogP contribution is 2.06. The molecule has 0 spiro atoms. The van der Waals surface area contributed by atoms with Gasteiger partial charge in [0, 0.05) is 31.9 Å². The molecule has 0 fully saturated rings. The van der Waals surface area contributed by atoms with Crippen LogP contribution in [0.4, 0.5) is 0 Å². The molecule has 1 heterocycles. The Labute approximate surface area is 83.5 Å². The summed E-state index contributed by atoms with van der Waals surface area (Å²) in [4.78, 5) is 12.9. The minimum Gasteiger partial charge on any atom is -0.347 e. The normalized spacial score (nSPS) is 12.6. The van der Waals surface area contributed by atoms with Gasteiger partial charge in [0.15, 0.2) is 0 Å². The Kier molecular flexibility index (Phi) is 3.24. The van der Waals surface area contributed by atoms with Gasteiger partial charge in [0.05, 0.1) is 6.20 Å². The van der Waals surface area contributed by atoms with Gasteiger partial charge in [-0.15, -0.1) is 0 Å². The van der Waals surface area contributed by atoms with Gasteiger partial charge in [-0.1, -0.05) is 0 Å². The van der Waals surface area contributed by atoms with Crippen molar-refractivity contribution in [1.29, 1.82) is 0 Å². The van der Waals surface area contributed by atoms with E-state index in [0.29, 0.717) is 0 Å². The third-order valence-corrected chi connectivity index (χ3v) is 1.98. The maximum absolute atomic E-state index is 11.3. The molecule has 0 aromatic carbocycles. The standard InChI is InChI=1S/C9H16N4O/c1-7(10)8-4-11-13(5-8)6-9(14)12(2)3/h4-5,7H,6,10H2,1-3H3/t7-/m0/s1. The molecule has 0 aliphatic heterocycles. The minimum absolute atomic E-state index is 0.0179. The van der Waals surface area contributed by atoms with Gasteiger partial charge in [0.2, 0.25) is 5.91 Å². The predicted octanol–water partition coefficient (Wildman–Crippen LogP) is -0.00900. The van der Waals surface area contributed by atoms with Gasteiger partial charge in [-0.2, -0.15) is 5.10 Å². The first kappa shape index (κ1) is 10.7. The van der Waals surface area contributed by atoms with E-state index in [1.165, 1.54) is 4.90 Å². The van der Waals surface area contributed by atoms with E-state index in [-0.39, 0.29) is 18.5 Å². The largest absolute Gasteiger partial charge is 0.347 e. The number of amides is 1. The van der Waals surface area contributed by atoms with E-state index in [4.69, 9.17) is 5.73 Å². The SMILES string of the molecule is C[C@H](N)c1cnn(CC(=O)N(C)C)c1. The van der Waals surface area contributed by atoms with Crippen molar-refractivity contribution in [1.82, 2.24) is 14.7 Å². The van der Waals surface area contributed by atoms with Crippen molar-refractivity contribution in [2.24, 2.45) is 5.73 Å². The van der Waals surface area contributed by atoms with Crippen LogP contribution in [-0.2, 0) is 11.3 Å². The van der Waals surface area contributed by atoms with Crippen molar-refractivity contribution in [3.63, 3.8) is 0 Å². The summed E-state index contributed by atoms with van der Waals surface area (Å²) in [5, 5.41) is 4.05.